The van der Waals surface area contributed by atoms with Crippen LogP contribution in [0.15, 0.2) is 30.5 Å². The molecule has 4 saturated heterocycles. The molecule has 4 aliphatic rings. The molecule has 6 rings (SSSR count). The van der Waals surface area contributed by atoms with Crippen molar-refractivity contribution in [3.63, 3.8) is 0 Å². The van der Waals surface area contributed by atoms with Crippen LogP contribution < -0.4 is 53.6 Å². The average molecular weight is 1230 g/mol. The van der Waals surface area contributed by atoms with E-state index in [-0.39, 0.29) is 81.6 Å². The number of nitrogens with two attached hydrogens (primary N) is 1. The molecule has 10 atom stereocenters. The second-order valence-corrected chi connectivity index (χ2v) is 23.3. The first-order chi connectivity index (χ1) is 40.2. The number of aromatic nitrogens is 1. The molecule has 0 saturated carbocycles. The molecule has 0 unspecified atom stereocenters. The molecule has 11 amide bonds. The van der Waals surface area contributed by atoms with Gasteiger partial charge in [-0.15, -0.1) is 11.8 Å². The predicted molar refractivity (Wildman–Crippen MR) is 317 cm³/mol. The first-order valence-corrected chi connectivity index (χ1v) is 30.8. The summed E-state index contributed by atoms with van der Waals surface area (Å²) < 4.78 is 5.67. The van der Waals surface area contributed by atoms with E-state index in [2.05, 4.69) is 78.1 Å². The van der Waals surface area contributed by atoms with E-state index in [9.17, 15) is 57.5 Å². The molecular weight excluding hydrogens is 1150 g/mol. The van der Waals surface area contributed by atoms with Gasteiger partial charge in [-0.1, -0.05) is 18.2 Å². The van der Waals surface area contributed by atoms with Crippen LogP contribution in [0.25, 0.3) is 10.9 Å². The molecule has 27 nitrogen and oxygen atoms in total. The SMILES string of the molecule is C[C@@H]1OC(=O)[C@@H]2CCCN2C(=O)[C@H](CS)NC(=O)[C@H](Cc2c[nH]c3ccccc23)NC(=O)[C@H](CCCCN(C)C)NC(=O)CNC(=O)[C@H](CS)NC(=O)C[C@@H](C(=O)N2CCC[C@H]2C(N)=O)NC(=O)[C@H](CCCCNC(=O)[C@@H]2CSCN2)NC1=O. The minimum atomic E-state index is -1.70. The number of nitrogens with one attached hydrogen (secondary N) is 10. The zero-order valence-corrected chi connectivity index (χ0v) is 50.1. The fourth-order valence-corrected chi connectivity index (χ4v) is 11.8. The molecule has 0 aliphatic carbocycles. The number of fused-ring (bicyclic) bond motifs is 2. The maximum absolute atomic E-state index is 14.5. The molecule has 30 heteroatoms. The zero-order valence-electron chi connectivity index (χ0n) is 47.5. The summed E-state index contributed by atoms with van der Waals surface area (Å²) in [6, 6.07) is -3.87. The molecule has 1 aromatic carbocycles. The Kier molecular flexibility index (Phi) is 25.8. The zero-order chi connectivity index (χ0) is 61.0. The maximum atomic E-state index is 14.5. The number of hydrogen-bond donors (Lipinski definition) is 13. The highest BCUT2D eigenvalue weighted by molar-refractivity contribution is 7.99. The summed E-state index contributed by atoms with van der Waals surface area (Å²) in [6.45, 7) is 1.54. The monoisotopic (exact) mass is 1230 g/mol. The number of rotatable bonds is 17. The molecule has 4 fully saturated rings. The normalized spacial score (nSPS) is 26.9. The summed E-state index contributed by atoms with van der Waals surface area (Å²) >= 11 is 10.3. The third-order valence-electron chi connectivity index (χ3n) is 15.0. The maximum Gasteiger partial charge on any atom is 0.329 e. The molecule has 4 aliphatic heterocycles. The van der Waals surface area contributed by atoms with E-state index in [1.54, 1.807) is 18.0 Å². The quantitative estimate of drug-likeness (QED) is 0.0429. The second-order valence-electron chi connectivity index (χ2n) is 21.6. The number of nitrogens with zero attached hydrogens (tertiary/aromatic N) is 3. The van der Waals surface area contributed by atoms with Crippen molar-refractivity contribution >= 4 is 119 Å². The van der Waals surface area contributed by atoms with Gasteiger partial charge in [0.15, 0.2) is 6.10 Å². The topological polar surface area (TPSA) is 374 Å². The molecule has 2 aromatic rings. The standard InChI is InChI=1S/C54H80N14O13S3/c1-30-46(72)62-35(14-6-8-18-56-48(74)40-28-84-29-59-40)50(76)64-37(52(78)67-20-10-16-41(67)45(55)71)23-43(69)61-38(26-82)47(73)58-25-44(70)60-34(15-7-9-19-66(2)3)49(75)63-36(22-31-24-57-33-13-5-4-12-32(31)33)51(77)65-39(27-83)53(79)68-21-11-17-42(68)54(80)81-30/h4-5,12-13,24,30,34-42,57,59,82-83H,6-11,14-23,25-29H2,1-3H3,(H2,55,71)(H,56,74)(H,58,73)(H,60,70)(H,61,69)(H,62,72)(H,63,75)(H,64,76)(H,65,77)/t30-,34-,35-,36-,37-,38-,39-,40-,41-,42-/m0/s1. The number of para-hydroxylation sites is 1. The number of unbranched alkanes of at least 4 members (excludes halogenated alkanes) is 2. The Hall–Kier alpha value is -6.63. The molecule has 0 spiro atoms. The van der Waals surface area contributed by atoms with Gasteiger partial charge in [0.1, 0.15) is 48.3 Å². The highest BCUT2D eigenvalue weighted by Crippen LogP contribution is 2.24. The molecular formula is C54H80N14O13S3. The van der Waals surface area contributed by atoms with E-state index in [0.717, 1.165) is 15.8 Å². The summed E-state index contributed by atoms with van der Waals surface area (Å²) in [4.78, 5) is 174. The van der Waals surface area contributed by atoms with Gasteiger partial charge in [-0.2, -0.15) is 25.3 Å². The number of likely N-dealkylation sites (tertiary alicyclic amines) is 1. The summed E-state index contributed by atoms with van der Waals surface area (Å²) in [7, 11) is 3.76. The predicted octanol–water partition coefficient (Wildman–Crippen LogP) is -2.92. The summed E-state index contributed by atoms with van der Waals surface area (Å²) in [5.74, 6) is -8.97. The van der Waals surface area contributed by atoms with E-state index in [1.807, 2.05) is 43.3 Å². The van der Waals surface area contributed by atoms with Crippen molar-refractivity contribution in [2.24, 2.45) is 5.73 Å². The van der Waals surface area contributed by atoms with Crippen LogP contribution in [0.1, 0.15) is 83.1 Å². The van der Waals surface area contributed by atoms with Gasteiger partial charge in [-0.25, -0.2) is 4.79 Å². The third kappa shape index (κ3) is 18.9. The summed E-state index contributed by atoms with van der Waals surface area (Å²) in [6.07, 6.45) is 1.92. The van der Waals surface area contributed by atoms with Crippen molar-refractivity contribution in [3.8, 4) is 0 Å². The lowest BCUT2D eigenvalue weighted by Gasteiger charge is -2.30. The van der Waals surface area contributed by atoms with Crippen molar-refractivity contribution in [3.05, 3.63) is 36.0 Å². The largest absolute Gasteiger partial charge is 0.451 e. The molecule has 84 heavy (non-hydrogen) atoms. The molecule has 0 bridgehead atoms. The number of esters is 1. The number of cyclic esters (lactones) is 1. The van der Waals surface area contributed by atoms with E-state index in [4.69, 9.17) is 10.5 Å². The van der Waals surface area contributed by atoms with Gasteiger partial charge in [0, 0.05) is 66.3 Å². The van der Waals surface area contributed by atoms with Gasteiger partial charge in [0.05, 0.1) is 19.0 Å². The van der Waals surface area contributed by atoms with Crippen LogP contribution in [0.3, 0.4) is 0 Å². The Bertz CT molecular complexity index is 2710. The Balaban J connectivity index is 1.30. The molecule has 462 valence electrons. The molecule has 12 N–H and O–H groups in total. The minimum Gasteiger partial charge on any atom is -0.451 e. The number of aromatic amines is 1. The first kappa shape index (κ1) is 66.5. The summed E-state index contributed by atoms with van der Waals surface area (Å²) in [5, 5.41) is 25.0. The van der Waals surface area contributed by atoms with Gasteiger partial charge in [0.25, 0.3) is 5.91 Å². The van der Waals surface area contributed by atoms with Gasteiger partial charge >= 0.3 is 5.97 Å². The lowest BCUT2D eigenvalue weighted by molar-refractivity contribution is -0.162. The lowest BCUT2D eigenvalue weighted by atomic mass is 10.0. The number of carbonyl (C=O) groups is 12. The summed E-state index contributed by atoms with van der Waals surface area (Å²) in [5.41, 5.74) is 7.06. The number of carbonyl (C=O) groups excluding carboxylic acids is 12. The molecule has 5 heterocycles. The average Bonchev–Trinajstić information content (AvgIpc) is 4.20. The van der Waals surface area contributed by atoms with Crippen molar-refractivity contribution in [2.75, 3.05) is 70.0 Å². The van der Waals surface area contributed by atoms with Crippen molar-refractivity contribution in [2.45, 2.75) is 144 Å². The Morgan fingerprint density at radius 1 is 0.750 bits per heavy atom. The van der Waals surface area contributed by atoms with E-state index >= 15 is 0 Å². The fraction of sp³-hybridized carbons (Fsp3) is 0.630. The first-order valence-electron chi connectivity index (χ1n) is 28.4. The van der Waals surface area contributed by atoms with E-state index in [1.165, 1.54) is 11.8 Å². The van der Waals surface area contributed by atoms with E-state index in [0.29, 0.717) is 55.8 Å². The van der Waals surface area contributed by atoms with Crippen molar-refractivity contribution in [1.82, 2.24) is 67.5 Å². The van der Waals surface area contributed by atoms with Crippen LogP contribution in [-0.4, -0.2) is 221 Å². The fourth-order valence-electron chi connectivity index (χ4n) is 10.4. The number of thiol groups is 2. The number of primary amides is 1. The number of H-pyrrole nitrogens is 1. The van der Waals surface area contributed by atoms with E-state index < -0.39 is 132 Å². The second kappa shape index (κ2) is 32.6. The van der Waals surface area contributed by atoms with Crippen LogP contribution in [-0.2, 0) is 68.7 Å². The number of amides is 11. The lowest BCUT2D eigenvalue weighted by Crippen LogP contribution is -2.59. The number of thioether (sulfide) groups is 1. The van der Waals surface area contributed by atoms with Gasteiger partial charge < -0.3 is 72.7 Å². The smallest absolute Gasteiger partial charge is 0.329 e. The van der Waals surface area contributed by atoms with Crippen LogP contribution in [0, 0.1) is 0 Å². The minimum absolute atomic E-state index is 0.0478. The number of ether oxygens (including phenoxy) is 1. The Morgan fingerprint density at radius 3 is 2.11 bits per heavy atom. The highest BCUT2D eigenvalue weighted by Gasteiger charge is 2.42. The van der Waals surface area contributed by atoms with Gasteiger partial charge in [-0.3, -0.25) is 58.1 Å². The van der Waals surface area contributed by atoms with Crippen LogP contribution in [0.5, 0.6) is 0 Å². The van der Waals surface area contributed by atoms with Crippen molar-refractivity contribution in [1.29, 1.82) is 0 Å². The Labute approximate surface area is 502 Å². The highest BCUT2D eigenvalue weighted by atomic mass is 32.2. The number of hydrogen-bond acceptors (Lipinski definition) is 18. The third-order valence-corrected chi connectivity index (χ3v) is 16.7. The van der Waals surface area contributed by atoms with Crippen LogP contribution in [0.4, 0.5) is 0 Å². The number of benzene rings is 1. The van der Waals surface area contributed by atoms with Crippen LogP contribution >= 0.6 is 37.0 Å². The Morgan fingerprint density at radius 2 is 1.40 bits per heavy atom. The van der Waals surface area contributed by atoms with Crippen molar-refractivity contribution < 1.29 is 62.3 Å². The van der Waals surface area contributed by atoms with Crippen LogP contribution in [0.2, 0.25) is 0 Å². The van der Waals surface area contributed by atoms with Gasteiger partial charge in [0.2, 0.25) is 59.1 Å². The molecule has 0 radical (unpaired) electrons. The van der Waals surface area contributed by atoms with Gasteiger partial charge in [-0.05, 0) is 103 Å². The molecule has 1 aromatic heterocycles.